The van der Waals surface area contributed by atoms with Crippen molar-refractivity contribution in [2.45, 2.75) is 30.9 Å². The standard InChI is InChI=1S/C14H19N3O3S/c1-8(2)12(13(19)17-14(15)20)21-11-6-4-10(5-7-11)16-9(3)18/h4-8,12H,1-3H3,(H,16,18)(H3,15,17,19,20)/t12-/m0/s1. The van der Waals surface area contributed by atoms with E-state index in [4.69, 9.17) is 5.73 Å². The molecule has 6 nitrogen and oxygen atoms in total. The average Bonchev–Trinajstić information content (AvgIpc) is 2.35. The summed E-state index contributed by atoms with van der Waals surface area (Å²) < 4.78 is 0. The number of hydrogen-bond donors (Lipinski definition) is 3. The third-order valence-corrected chi connectivity index (χ3v) is 4.10. The molecule has 0 aliphatic carbocycles. The lowest BCUT2D eigenvalue weighted by molar-refractivity contribution is -0.120. The number of carbonyl (C=O) groups excluding carboxylic acids is 3. The van der Waals surface area contributed by atoms with Gasteiger partial charge in [0.15, 0.2) is 0 Å². The van der Waals surface area contributed by atoms with E-state index in [9.17, 15) is 14.4 Å². The maximum atomic E-state index is 11.9. The van der Waals surface area contributed by atoms with Gasteiger partial charge < -0.3 is 11.1 Å². The third-order valence-electron chi connectivity index (χ3n) is 2.55. The van der Waals surface area contributed by atoms with E-state index in [-0.39, 0.29) is 11.8 Å². The second-order valence-electron chi connectivity index (χ2n) is 4.84. The molecule has 0 spiro atoms. The van der Waals surface area contributed by atoms with E-state index < -0.39 is 17.2 Å². The van der Waals surface area contributed by atoms with Crippen molar-refractivity contribution >= 4 is 35.3 Å². The maximum Gasteiger partial charge on any atom is 0.318 e. The summed E-state index contributed by atoms with van der Waals surface area (Å²) in [6, 6.07) is 6.28. The predicted molar refractivity (Wildman–Crippen MR) is 83.0 cm³/mol. The number of rotatable bonds is 5. The molecule has 0 radical (unpaired) electrons. The van der Waals surface area contributed by atoms with Crippen molar-refractivity contribution in [3.8, 4) is 0 Å². The topological polar surface area (TPSA) is 101 Å². The van der Waals surface area contributed by atoms with Gasteiger partial charge in [-0.25, -0.2) is 4.79 Å². The molecule has 4 N–H and O–H groups in total. The molecular formula is C14H19N3O3S. The SMILES string of the molecule is CC(=O)Nc1ccc(S[C@H](C(=O)NC(N)=O)C(C)C)cc1. The second kappa shape index (κ2) is 7.68. The smallest absolute Gasteiger partial charge is 0.318 e. The summed E-state index contributed by atoms with van der Waals surface area (Å²) in [6.45, 7) is 5.22. The van der Waals surface area contributed by atoms with Crippen LogP contribution in [0.1, 0.15) is 20.8 Å². The van der Waals surface area contributed by atoms with Crippen molar-refractivity contribution in [1.29, 1.82) is 0 Å². The highest BCUT2D eigenvalue weighted by molar-refractivity contribution is 8.00. The van der Waals surface area contributed by atoms with Crippen LogP contribution in [-0.2, 0) is 9.59 Å². The minimum Gasteiger partial charge on any atom is -0.351 e. The highest BCUT2D eigenvalue weighted by Crippen LogP contribution is 2.29. The van der Waals surface area contributed by atoms with Crippen LogP contribution in [0.3, 0.4) is 0 Å². The lowest BCUT2D eigenvalue weighted by atomic mass is 10.1. The van der Waals surface area contributed by atoms with Gasteiger partial charge in [0.25, 0.3) is 0 Å². The van der Waals surface area contributed by atoms with E-state index in [0.29, 0.717) is 5.69 Å². The number of urea groups is 1. The van der Waals surface area contributed by atoms with Crippen LogP contribution in [0.15, 0.2) is 29.2 Å². The first-order chi connectivity index (χ1) is 9.79. The molecule has 1 aromatic carbocycles. The Morgan fingerprint density at radius 3 is 2.14 bits per heavy atom. The van der Waals surface area contributed by atoms with E-state index >= 15 is 0 Å². The number of carbonyl (C=O) groups is 3. The second-order valence-corrected chi connectivity index (χ2v) is 6.06. The van der Waals surface area contributed by atoms with Gasteiger partial charge in [0.2, 0.25) is 11.8 Å². The fourth-order valence-electron chi connectivity index (χ4n) is 1.65. The van der Waals surface area contributed by atoms with E-state index in [2.05, 4.69) is 10.6 Å². The fourth-order valence-corrected chi connectivity index (χ4v) is 2.68. The van der Waals surface area contributed by atoms with Gasteiger partial charge in [-0.3, -0.25) is 14.9 Å². The molecule has 4 amide bonds. The molecule has 0 bridgehead atoms. The number of nitrogens with one attached hydrogen (secondary N) is 2. The minimum atomic E-state index is -0.854. The fraction of sp³-hybridized carbons (Fsp3) is 0.357. The van der Waals surface area contributed by atoms with Crippen molar-refractivity contribution in [1.82, 2.24) is 5.32 Å². The van der Waals surface area contributed by atoms with Gasteiger partial charge in [0.05, 0.1) is 5.25 Å². The number of anilines is 1. The summed E-state index contributed by atoms with van der Waals surface area (Å²) in [6.07, 6.45) is 0. The van der Waals surface area contributed by atoms with Gasteiger partial charge in [-0.2, -0.15) is 0 Å². The molecule has 7 heteroatoms. The number of hydrogen-bond acceptors (Lipinski definition) is 4. The number of thioether (sulfide) groups is 1. The van der Waals surface area contributed by atoms with Crippen LogP contribution in [-0.4, -0.2) is 23.1 Å². The van der Waals surface area contributed by atoms with Gasteiger partial charge in [-0.15, -0.1) is 11.8 Å². The van der Waals surface area contributed by atoms with Gasteiger partial charge in [0, 0.05) is 17.5 Å². The van der Waals surface area contributed by atoms with Gasteiger partial charge in [-0.05, 0) is 30.2 Å². The van der Waals surface area contributed by atoms with Crippen molar-refractivity contribution in [3.05, 3.63) is 24.3 Å². The van der Waals surface area contributed by atoms with Crippen LogP contribution in [0.25, 0.3) is 0 Å². The monoisotopic (exact) mass is 309 g/mol. The largest absolute Gasteiger partial charge is 0.351 e. The first-order valence-corrected chi connectivity index (χ1v) is 7.32. The Kier molecular flexibility index (Phi) is 6.23. The minimum absolute atomic E-state index is 0.0318. The lowest BCUT2D eigenvalue weighted by Crippen LogP contribution is -2.42. The molecule has 0 aromatic heterocycles. The van der Waals surface area contributed by atoms with E-state index in [1.807, 2.05) is 26.0 Å². The molecule has 0 heterocycles. The lowest BCUT2D eigenvalue weighted by Gasteiger charge is -2.18. The Bertz CT molecular complexity index is 529. The Morgan fingerprint density at radius 2 is 1.71 bits per heavy atom. The summed E-state index contributed by atoms with van der Waals surface area (Å²) >= 11 is 1.34. The van der Waals surface area contributed by atoms with Crippen LogP contribution in [0.5, 0.6) is 0 Å². The van der Waals surface area contributed by atoms with Gasteiger partial charge in [-0.1, -0.05) is 13.8 Å². The highest BCUT2D eigenvalue weighted by atomic mass is 32.2. The van der Waals surface area contributed by atoms with Crippen molar-refractivity contribution in [2.24, 2.45) is 11.7 Å². The molecule has 1 aromatic rings. The third kappa shape index (κ3) is 5.86. The Hall–Kier alpha value is -2.02. The van der Waals surface area contributed by atoms with Crippen molar-refractivity contribution in [3.63, 3.8) is 0 Å². The Morgan fingerprint density at radius 1 is 1.14 bits per heavy atom. The molecule has 0 fully saturated rings. The zero-order valence-corrected chi connectivity index (χ0v) is 13.0. The molecule has 114 valence electrons. The summed E-state index contributed by atoms with van der Waals surface area (Å²) in [5.74, 6) is -0.519. The first kappa shape index (κ1) is 17.0. The normalized spacial score (nSPS) is 11.8. The maximum absolute atomic E-state index is 11.9. The highest BCUT2D eigenvalue weighted by Gasteiger charge is 2.24. The molecular weight excluding hydrogens is 290 g/mol. The van der Waals surface area contributed by atoms with Crippen LogP contribution >= 0.6 is 11.8 Å². The molecule has 0 aliphatic rings. The van der Waals surface area contributed by atoms with Crippen LogP contribution in [0.4, 0.5) is 10.5 Å². The van der Waals surface area contributed by atoms with Crippen LogP contribution < -0.4 is 16.4 Å². The molecule has 0 saturated heterocycles. The summed E-state index contributed by atoms with van der Waals surface area (Å²) in [4.78, 5) is 34.5. The molecule has 21 heavy (non-hydrogen) atoms. The summed E-state index contributed by atoms with van der Waals surface area (Å²) in [5, 5.41) is 4.35. The molecule has 0 unspecified atom stereocenters. The number of primary amides is 1. The number of amides is 4. The van der Waals surface area contributed by atoms with Gasteiger partial charge >= 0.3 is 6.03 Å². The zero-order chi connectivity index (χ0) is 16.0. The van der Waals surface area contributed by atoms with Crippen molar-refractivity contribution < 1.29 is 14.4 Å². The molecule has 0 saturated carbocycles. The quantitative estimate of drug-likeness (QED) is 0.724. The summed E-state index contributed by atoms with van der Waals surface area (Å²) in [5.41, 5.74) is 5.66. The summed E-state index contributed by atoms with van der Waals surface area (Å²) in [7, 11) is 0. The zero-order valence-electron chi connectivity index (χ0n) is 12.2. The Labute approximate surface area is 127 Å². The van der Waals surface area contributed by atoms with E-state index in [1.165, 1.54) is 18.7 Å². The molecule has 0 aliphatic heterocycles. The first-order valence-electron chi connectivity index (χ1n) is 6.44. The Balaban J connectivity index is 2.77. The van der Waals surface area contributed by atoms with Gasteiger partial charge in [0.1, 0.15) is 0 Å². The number of nitrogens with two attached hydrogens (primary N) is 1. The van der Waals surface area contributed by atoms with E-state index in [0.717, 1.165) is 4.90 Å². The van der Waals surface area contributed by atoms with Crippen LogP contribution in [0, 0.1) is 5.92 Å². The number of benzene rings is 1. The van der Waals surface area contributed by atoms with E-state index in [1.54, 1.807) is 12.1 Å². The molecule has 1 rings (SSSR count). The number of imide groups is 1. The predicted octanol–water partition coefficient (Wildman–Crippen LogP) is 1.96. The van der Waals surface area contributed by atoms with Crippen LogP contribution in [0.2, 0.25) is 0 Å². The van der Waals surface area contributed by atoms with Crippen molar-refractivity contribution in [2.75, 3.05) is 5.32 Å². The average molecular weight is 309 g/mol. The molecule has 1 atom stereocenters.